The lowest BCUT2D eigenvalue weighted by Crippen LogP contribution is -2.53. The quantitative estimate of drug-likeness (QED) is 0.0757. The molecule has 1 aliphatic heterocycles. The summed E-state index contributed by atoms with van der Waals surface area (Å²) in [7, 11) is 0. The van der Waals surface area contributed by atoms with E-state index in [0.717, 1.165) is 66.0 Å². The van der Waals surface area contributed by atoms with E-state index in [0.29, 0.717) is 24.4 Å². The van der Waals surface area contributed by atoms with Gasteiger partial charge in [0, 0.05) is 35.5 Å². The number of hydrogen-bond acceptors (Lipinski definition) is 7. The second kappa shape index (κ2) is 20.0. The van der Waals surface area contributed by atoms with Crippen molar-refractivity contribution < 1.29 is 24.2 Å². The van der Waals surface area contributed by atoms with Crippen LogP contribution in [0.5, 0.6) is 5.75 Å². The first kappa shape index (κ1) is 41.1. The van der Waals surface area contributed by atoms with Gasteiger partial charge < -0.3 is 25.8 Å². The van der Waals surface area contributed by atoms with E-state index in [2.05, 4.69) is 53.6 Å². The first-order valence-corrected chi connectivity index (χ1v) is 19.8. The number of hydrogen-bond donors (Lipinski definition) is 4. The number of carboxylic acid groups (broad SMARTS) is 1. The first-order valence-electron chi connectivity index (χ1n) is 19.8. The van der Waals surface area contributed by atoms with Gasteiger partial charge in [0.05, 0.1) is 6.61 Å². The van der Waals surface area contributed by atoms with Crippen molar-refractivity contribution in [1.29, 1.82) is 0 Å². The zero-order valence-corrected chi connectivity index (χ0v) is 32.8. The van der Waals surface area contributed by atoms with Crippen LogP contribution in [0, 0.1) is 5.92 Å². The normalized spacial score (nSPS) is 15.5. The summed E-state index contributed by atoms with van der Waals surface area (Å²) in [6.45, 7) is 10.9. The maximum absolute atomic E-state index is 13.8. The van der Waals surface area contributed by atoms with Gasteiger partial charge in [-0.05, 0) is 91.1 Å². The SMILES string of the molecule is CCCCCCCOc1ccc(-c2cnc(-c3ccc(CC(NC(=O)c4ccc(C(C)(C)C)cc4)C(=O)NC(CC4CCCNC4)C(=O)O)cc3)nc2)cc1. The third-order valence-electron chi connectivity index (χ3n) is 10.2. The van der Waals surface area contributed by atoms with E-state index >= 15 is 0 Å². The topological polar surface area (TPSA) is 143 Å². The Hall–Kier alpha value is -5.09. The predicted molar refractivity (Wildman–Crippen MR) is 217 cm³/mol. The Balaban J connectivity index is 1.25. The number of amides is 2. The van der Waals surface area contributed by atoms with E-state index in [4.69, 9.17) is 4.74 Å². The zero-order valence-electron chi connectivity index (χ0n) is 32.8. The Labute approximate surface area is 325 Å². The second-order valence-corrected chi connectivity index (χ2v) is 15.7. The fourth-order valence-electron chi connectivity index (χ4n) is 6.82. The lowest BCUT2D eigenvalue weighted by atomic mass is 9.86. The Bertz CT molecular complexity index is 1810. The van der Waals surface area contributed by atoms with Gasteiger partial charge in [-0.3, -0.25) is 9.59 Å². The van der Waals surface area contributed by atoms with E-state index in [9.17, 15) is 19.5 Å². The van der Waals surface area contributed by atoms with E-state index in [1.165, 1.54) is 25.7 Å². The van der Waals surface area contributed by atoms with Crippen molar-refractivity contribution in [1.82, 2.24) is 25.9 Å². The monoisotopic (exact) mass is 747 g/mol. The molecule has 3 unspecified atom stereocenters. The zero-order chi connectivity index (χ0) is 39.2. The molecular weight excluding hydrogens is 691 g/mol. The summed E-state index contributed by atoms with van der Waals surface area (Å²) in [5, 5.41) is 19.0. The first-order chi connectivity index (χ1) is 26.5. The summed E-state index contributed by atoms with van der Waals surface area (Å²) in [6, 6.07) is 20.8. The van der Waals surface area contributed by atoms with E-state index in [1.807, 2.05) is 60.7 Å². The van der Waals surface area contributed by atoms with Crippen LogP contribution in [0.4, 0.5) is 0 Å². The summed E-state index contributed by atoms with van der Waals surface area (Å²) in [5.74, 6) is -0.490. The standard InChI is InChI=1S/C45H57N5O5/c1-5-6-7-8-9-25-55-38-22-18-33(19-23-38)36-29-47-41(48-30-36)34-14-12-31(13-15-34)26-39(49-42(51)35-16-20-37(21-17-35)45(2,3)4)43(52)50-40(44(53)54)27-32-11-10-24-46-28-32/h12-23,29-30,32,39-40,46H,5-11,24-28H2,1-4H3,(H,49,51)(H,50,52)(H,53,54). The van der Waals surface area contributed by atoms with Crippen molar-refractivity contribution in [2.24, 2.45) is 5.92 Å². The maximum atomic E-state index is 13.8. The highest BCUT2D eigenvalue weighted by molar-refractivity contribution is 5.98. The summed E-state index contributed by atoms with van der Waals surface area (Å²) in [4.78, 5) is 48.7. The molecule has 1 saturated heterocycles. The molecule has 3 aromatic carbocycles. The Morgan fingerprint density at radius 3 is 2.13 bits per heavy atom. The van der Waals surface area contributed by atoms with Crippen LogP contribution in [0.2, 0.25) is 0 Å². The third-order valence-corrected chi connectivity index (χ3v) is 10.2. The van der Waals surface area contributed by atoms with Gasteiger partial charge in [0.25, 0.3) is 5.91 Å². The van der Waals surface area contributed by atoms with Gasteiger partial charge in [-0.25, -0.2) is 14.8 Å². The van der Waals surface area contributed by atoms with Gasteiger partial charge >= 0.3 is 5.97 Å². The average Bonchev–Trinajstić information content (AvgIpc) is 3.19. The molecule has 0 spiro atoms. The molecule has 4 N–H and O–H groups in total. The van der Waals surface area contributed by atoms with E-state index < -0.39 is 29.9 Å². The van der Waals surface area contributed by atoms with Gasteiger partial charge in [0.2, 0.25) is 5.91 Å². The third kappa shape index (κ3) is 12.5. The smallest absolute Gasteiger partial charge is 0.326 e. The number of aliphatic carboxylic acids is 1. The number of aromatic nitrogens is 2. The van der Waals surface area contributed by atoms with Gasteiger partial charge in [0.15, 0.2) is 5.82 Å². The highest BCUT2D eigenvalue weighted by atomic mass is 16.5. The molecule has 0 saturated carbocycles. The number of unbranched alkanes of at least 4 members (excludes halogenated alkanes) is 4. The number of piperidine rings is 1. The molecule has 1 aromatic heterocycles. The van der Waals surface area contributed by atoms with Crippen molar-refractivity contribution in [2.45, 2.75) is 103 Å². The van der Waals surface area contributed by atoms with Crippen LogP contribution < -0.4 is 20.7 Å². The van der Waals surface area contributed by atoms with Gasteiger partial charge in [-0.15, -0.1) is 0 Å². The minimum absolute atomic E-state index is 0.0783. The van der Waals surface area contributed by atoms with Gasteiger partial charge in [-0.2, -0.15) is 0 Å². The van der Waals surface area contributed by atoms with Crippen LogP contribution in [-0.2, 0) is 21.4 Å². The van der Waals surface area contributed by atoms with Gasteiger partial charge in [-0.1, -0.05) is 102 Å². The molecule has 10 heteroatoms. The molecule has 1 fully saturated rings. The van der Waals surface area contributed by atoms with Crippen LogP contribution in [0.15, 0.2) is 85.2 Å². The number of carbonyl (C=O) groups excluding carboxylic acids is 2. The number of carboxylic acids is 1. The lowest BCUT2D eigenvalue weighted by Gasteiger charge is -2.27. The van der Waals surface area contributed by atoms with Crippen molar-refractivity contribution in [3.63, 3.8) is 0 Å². The Morgan fingerprint density at radius 1 is 0.836 bits per heavy atom. The summed E-state index contributed by atoms with van der Waals surface area (Å²) >= 11 is 0. The Morgan fingerprint density at radius 2 is 1.51 bits per heavy atom. The highest BCUT2D eigenvalue weighted by Crippen LogP contribution is 2.25. The van der Waals surface area contributed by atoms with Crippen LogP contribution in [0.25, 0.3) is 22.5 Å². The number of nitrogens with one attached hydrogen (secondary N) is 3. The molecule has 5 rings (SSSR count). The molecule has 292 valence electrons. The maximum Gasteiger partial charge on any atom is 0.326 e. The van der Waals surface area contributed by atoms with Crippen LogP contribution in [-0.4, -0.2) is 64.6 Å². The molecule has 0 bridgehead atoms. The Kier molecular flexibility index (Phi) is 14.9. The number of nitrogens with zero attached hydrogens (tertiary/aromatic N) is 2. The molecule has 3 atom stereocenters. The molecular formula is C45H57N5O5. The number of benzene rings is 3. The number of ether oxygens (including phenoxy) is 1. The molecule has 2 amide bonds. The minimum Gasteiger partial charge on any atom is -0.494 e. The van der Waals surface area contributed by atoms with Crippen LogP contribution >= 0.6 is 0 Å². The van der Waals surface area contributed by atoms with E-state index in [1.54, 1.807) is 24.5 Å². The molecule has 55 heavy (non-hydrogen) atoms. The van der Waals surface area contributed by atoms with E-state index in [-0.39, 0.29) is 17.8 Å². The van der Waals surface area contributed by atoms with Crippen molar-refractivity contribution in [3.8, 4) is 28.3 Å². The summed E-state index contributed by atoms with van der Waals surface area (Å²) < 4.78 is 5.91. The molecule has 0 radical (unpaired) electrons. The lowest BCUT2D eigenvalue weighted by molar-refractivity contribution is -0.142. The fraction of sp³-hybridized carbons (Fsp3) is 0.444. The largest absolute Gasteiger partial charge is 0.494 e. The van der Waals surface area contributed by atoms with Crippen molar-refractivity contribution in [3.05, 3.63) is 102 Å². The predicted octanol–water partition coefficient (Wildman–Crippen LogP) is 7.76. The molecule has 1 aliphatic rings. The molecule has 4 aromatic rings. The fourth-order valence-corrected chi connectivity index (χ4v) is 6.82. The summed E-state index contributed by atoms with van der Waals surface area (Å²) in [6.07, 6.45) is 11.9. The average molecular weight is 748 g/mol. The van der Waals surface area contributed by atoms with Crippen LogP contribution in [0.1, 0.15) is 101 Å². The second-order valence-electron chi connectivity index (χ2n) is 15.7. The molecule has 2 heterocycles. The summed E-state index contributed by atoms with van der Waals surface area (Å²) in [5.41, 5.74) is 4.90. The minimum atomic E-state index is -1.09. The number of rotatable bonds is 18. The molecule has 0 aliphatic carbocycles. The van der Waals surface area contributed by atoms with Crippen molar-refractivity contribution >= 4 is 17.8 Å². The molecule has 10 nitrogen and oxygen atoms in total. The number of carbonyl (C=O) groups is 3. The van der Waals surface area contributed by atoms with Gasteiger partial charge in [0.1, 0.15) is 17.8 Å². The van der Waals surface area contributed by atoms with Crippen LogP contribution in [0.3, 0.4) is 0 Å². The highest BCUT2D eigenvalue weighted by Gasteiger charge is 2.30. The van der Waals surface area contributed by atoms with Crippen molar-refractivity contribution in [2.75, 3.05) is 19.7 Å².